The van der Waals surface area contributed by atoms with Gasteiger partial charge < -0.3 is 20.4 Å². The molecule has 102 valence electrons. The van der Waals surface area contributed by atoms with Crippen LogP contribution in [0.25, 0.3) is 0 Å². The molecule has 2 N–H and O–H groups in total. The summed E-state index contributed by atoms with van der Waals surface area (Å²) in [7, 11) is 2.07. The van der Waals surface area contributed by atoms with Gasteiger partial charge in [-0.2, -0.15) is 0 Å². The van der Waals surface area contributed by atoms with E-state index in [0.29, 0.717) is 13.1 Å². The molecule has 0 spiro atoms. The van der Waals surface area contributed by atoms with E-state index in [0.717, 1.165) is 39.0 Å². The van der Waals surface area contributed by atoms with E-state index in [1.54, 1.807) is 4.90 Å². The first-order valence-electron chi connectivity index (χ1n) is 6.66. The van der Waals surface area contributed by atoms with Gasteiger partial charge in [0.1, 0.15) is 0 Å². The van der Waals surface area contributed by atoms with E-state index in [9.17, 15) is 9.59 Å². The number of hydrogen-bond donors (Lipinski definition) is 2. The zero-order chi connectivity index (χ0) is 13.0. The minimum atomic E-state index is -0.438. The van der Waals surface area contributed by atoms with Gasteiger partial charge in [-0.1, -0.05) is 0 Å². The molecule has 2 fully saturated rings. The lowest BCUT2D eigenvalue weighted by molar-refractivity contribution is -0.146. The van der Waals surface area contributed by atoms with E-state index in [2.05, 4.69) is 22.6 Å². The summed E-state index contributed by atoms with van der Waals surface area (Å²) in [5.41, 5.74) is 0. The summed E-state index contributed by atoms with van der Waals surface area (Å²) >= 11 is 0. The molecule has 2 aliphatic heterocycles. The molecule has 2 saturated heterocycles. The van der Waals surface area contributed by atoms with Gasteiger partial charge in [-0.25, -0.2) is 0 Å². The van der Waals surface area contributed by atoms with Gasteiger partial charge in [-0.15, -0.1) is 0 Å². The molecule has 0 saturated carbocycles. The zero-order valence-corrected chi connectivity index (χ0v) is 10.9. The summed E-state index contributed by atoms with van der Waals surface area (Å²) in [6.45, 7) is 4.75. The van der Waals surface area contributed by atoms with Crippen LogP contribution in [0.4, 0.5) is 0 Å². The number of piperidine rings is 1. The van der Waals surface area contributed by atoms with Gasteiger partial charge in [0.2, 0.25) is 0 Å². The lowest BCUT2D eigenvalue weighted by Gasteiger charge is -2.31. The first-order valence-corrected chi connectivity index (χ1v) is 6.66. The molecule has 6 nitrogen and oxygen atoms in total. The van der Waals surface area contributed by atoms with E-state index >= 15 is 0 Å². The fraction of sp³-hybridized carbons (Fsp3) is 0.833. The lowest BCUT2D eigenvalue weighted by Crippen LogP contribution is -2.53. The van der Waals surface area contributed by atoms with Crippen molar-refractivity contribution >= 4 is 11.8 Å². The molecule has 2 amide bonds. The number of carbonyl (C=O) groups excluding carboxylic acids is 2. The van der Waals surface area contributed by atoms with Gasteiger partial charge in [0.25, 0.3) is 0 Å². The summed E-state index contributed by atoms with van der Waals surface area (Å²) in [6, 6.07) is 0.153. The van der Waals surface area contributed by atoms with Crippen LogP contribution in [0.5, 0.6) is 0 Å². The minimum Gasteiger partial charge on any atom is -0.345 e. The third-order valence-corrected chi connectivity index (χ3v) is 3.65. The lowest BCUT2D eigenvalue weighted by atomic mass is 10.1. The summed E-state index contributed by atoms with van der Waals surface area (Å²) in [5.74, 6) is -0.818. The van der Waals surface area contributed by atoms with Gasteiger partial charge in [0.15, 0.2) is 0 Å². The third kappa shape index (κ3) is 3.43. The van der Waals surface area contributed by atoms with Gasteiger partial charge in [-0.3, -0.25) is 9.59 Å². The Morgan fingerprint density at radius 2 is 1.72 bits per heavy atom. The summed E-state index contributed by atoms with van der Waals surface area (Å²) in [4.78, 5) is 27.6. The maximum atomic E-state index is 11.9. The maximum absolute atomic E-state index is 11.9. The Hall–Kier alpha value is -1.14. The predicted molar refractivity (Wildman–Crippen MR) is 68.1 cm³/mol. The maximum Gasteiger partial charge on any atom is 0.311 e. The fourth-order valence-electron chi connectivity index (χ4n) is 2.41. The molecule has 0 aromatic heterocycles. The van der Waals surface area contributed by atoms with Crippen LogP contribution in [0.15, 0.2) is 0 Å². The first kappa shape index (κ1) is 13.3. The summed E-state index contributed by atoms with van der Waals surface area (Å²) in [5, 5.41) is 6.02. The molecule has 0 bridgehead atoms. The second-order valence-electron chi connectivity index (χ2n) is 5.09. The second-order valence-corrected chi connectivity index (χ2v) is 5.09. The van der Waals surface area contributed by atoms with Crippen molar-refractivity contribution in [2.45, 2.75) is 18.9 Å². The SMILES string of the molecule is CN1CCC(NC(=O)C(=O)N2CCNCC2)CC1. The molecule has 0 radical (unpaired) electrons. The van der Waals surface area contributed by atoms with Gasteiger partial charge >= 0.3 is 11.8 Å². The number of piperazine rings is 1. The zero-order valence-electron chi connectivity index (χ0n) is 10.9. The number of rotatable bonds is 1. The van der Waals surface area contributed by atoms with E-state index in [1.165, 1.54) is 0 Å². The molecule has 2 rings (SSSR count). The molecule has 2 heterocycles. The molecule has 18 heavy (non-hydrogen) atoms. The highest BCUT2D eigenvalue weighted by Crippen LogP contribution is 2.08. The molecular weight excluding hydrogens is 232 g/mol. The van der Waals surface area contributed by atoms with E-state index < -0.39 is 5.91 Å². The number of nitrogens with one attached hydrogen (secondary N) is 2. The molecule has 0 aromatic carbocycles. The molecule has 6 heteroatoms. The standard InChI is InChI=1S/C12H22N4O2/c1-15-6-2-10(3-7-15)14-11(17)12(18)16-8-4-13-5-9-16/h10,13H,2-9H2,1H3,(H,14,17). The largest absolute Gasteiger partial charge is 0.345 e. The van der Waals surface area contributed by atoms with Crippen LogP contribution in [-0.4, -0.2) is 74.0 Å². The van der Waals surface area contributed by atoms with Crippen molar-refractivity contribution in [2.24, 2.45) is 0 Å². The molecule has 0 unspecified atom stereocenters. The third-order valence-electron chi connectivity index (χ3n) is 3.65. The van der Waals surface area contributed by atoms with E-state index in [1.807, 2.05) is 0 Å². The highest BCUT2D eigenvalue weighted by molar-refractivity contribution is 6.35. The highest BCUT2D eigenvalue weighted by Gasteiger charge is 2.26. The van der Waals surface area contributed by atoms with E-state index in [4.69, 9.17) is 0 Å². The predicted octanol–water partition coefficient (Wildman–Crippen LogP) is -1.37. The quantitative estimate of drug-likeness (QED) is 0.567. The van der Waals surface area contributed by atoms with Crippen molar-refractivity contribution in [3.63, 3.8) is 0 Å². The van der Waals surface area contributed by atoms with Crippen LogP contribution in [0.2, 0.25) is 0 Å². The van der Waals surface area contributed by atoms with Crippen LogP contribution < -0.4 is 10.6 Å². The Kier molecular flexibility index (Phi) is 4.54. The molecule has 0 aromatic rings. The number of carbonyl (C=O) groups is 2. The fourth-order valence-corrected chi connectivity index (χ4v) is 2.41. The average Bonchev–Trinajstić information content (AvgIpc) is 2.41. The summed E-state index contributed by atoms with van der Waals surface area (Å²) in [6.07, 6.45) is 1.86. The average molecular weight is 254 g/mol. The smallest absolute Gasteiger partial charge is 0.311 e. The van der Waals surface area contributed by atoms with Crippen molar-refractivity contribution < 1.29 is 9.59 Å². The van der Waals surface area contributed by atoms with Crippen molar-refractivity contribution in [3.05, 3.63) is 0 Å². The van der Waals surface area contributed by atoms with Gasteiger partial charge in [0.05, 0.1) is 0 Å². The van der Waals surface area contributed by atoms with Gasteiger partial charge in [0, 0.05) is 32.2 Å². The van der Waals surface area contributed by atoms with Crippen molar-refractivity contribution in [3.8, 4) is 0 Å². The van der Waals surface area contributed by atoms with Crippen LogP contribution >= 0.6 is 0 Å². The van der Waals surface area contributed by atoms with Crippen LogP contribution in [0, 0.1) is 0 Å². The van der Waals surface area contributed by atoms with Crippen molar-refractivity contribution in [1.29, 1.82) is 0 Å². The molecule has 2 aliphatic rings. The Balaban J connectivity index is 1.78. The monoisotopic (exact) mass is 254 g/mol. The van der Waals surface area contributed by atoms with Gasteiger partial charge in [-0.05, 0) is 33.0 Å². The Morgan fingerprint density at radius 1 is 1.11 bits per heavy atom. The van der Waals surface area contributed by atoms with Crippen LogP contribution in [0.3, 0.4) is 0 Å². The first-order chi connectivity index (χ1) is 8.66. The molecular formula is C12H22N4O2. The number of amides is 2. The van der Waals surface area contributed by atoms with Crippen molar-refractivity contribution in [1.82, 2.24) is 20.4 Å². The number of nitrogens with zero attached hydrogens (tertiary/aromatic N) is 2. The Bertz CT molecular complexity index is 307. The van der Waals surface area contributed by atoms with E-state index in [-0.39, 0.29) is 11.9 Å². The molecule has 0 atom stereocenters. The Morgan fingerprint density at radius 3 is 2.33 bits per heavy atom. The number of likely N-dealkylation sites (tertiary alicyclic amines) is 1. The second kappa shape index (κ2) is 6.15. The number of hydrogen-bond acceptors (Lipinski definition) is 4. The summed E-state index contributed by atoms with van der Waals surface area (Å²) < 4.78 is 0. The normalized spacial score (nSPS) is 22.8. The van der Waals surface area contributed by atoms with Crippen molar-refractivity contribution in [2.75, 3.05) is 46.3 Å². The van der Waals surface area contributed by atoms with Crippen LogP contribution in [-0.2, 0) is 9.59 Å². The Labute approximate surface area is 108 Å². The minimum absolute atomic E-state index is 0.153. The molecule has 0 aliphatic carbocycles. The topological polar surface area (TPSA) is 64.7 Å². The highest BCUT2D eigenvalue weighted by atomic mass is 16.2. The van der Waals surface area contributed by atoms with Crippen LogP contribution in [0.1, 0.15) is 12.8 Å².